The number of benzene rings is 2. The lowest BCUT2D eigenvalue weighted by atomic mass is 10.1. The zero-order chi connectivity index (χ0) is 17.6. The summed E-state index contributed by atoms with van der Waals surface area (Å²) in [5.74, 6) is -0.303. The van der Waals surface area contributed by atoms with Gasteiger partial charge in [-0.1, -0.05) is 59.2 Å². The maximum atomic E-state index is 12.2. The van der Waals surface area contributed by atoms with Gasteiger partial charge in [0, 0.05) is 11.2 Å². The summed E-state index contributed by atoms with van der Waals surface area (Å²) in [5.41, 5.74) is 2.23. The molecule has 0 aliphatic rings. The molecule has 0 atom stereocenters. The normalized spacial score (nSPS) is 11.0. The smallest absolute Gasteiger partial charge is 0.361 e. The predicted octanol–water partition coefficient (Wildman–Crippen LogP) is 4.92. The van der Waals surface area contributed by atoms with Crippen molar-refractivity contribution >= 4 is 29.7 Å². The maximum Gasteiger partial charge on any atom is 0.361 e. The second-order valence-corrected chi connectivity index (χ2v) is 5.54. The highest BCUT2D eigenvalue weighted by Gasteiger charge is 2.24. The first-order valence-electron chi connectivity index (χ1n) is 7.71. The molecule has 1 heterocycles. The number of nitrogens with zero attached hydrogens (tertiary/aromatic N) is 2. The van der Waals surface area contributed by atoms with Crippen LogP contribution in [0.2, 0.25) is 5.02 Å². The molecule has 0 saturated heterocycles. The van der Waals surface area contributed by atoms with Crippen LogP contribution in [0.1, 0.15) is 23.0 Å². The Hall–Kier alpha value is -2.92. The molecule has 0 unspecified atom stereocenters. The number of hydrogen-bond acceptors (Lipinski definition) is 5. The number of aromatic nitrogens is 1. The Balaban J connectivity index is 2.01. The lowest BCUT2D eigenvalue weighted by Crippen LogP contribution is -2.06. The quantitative estimate of drug-likeness (QED) is 0.481. The minimum absolute atomic E-state index is 0.108. The number of carbonyl (C=O) groups is 1. The van der Waals surface area contributed by atoms with E-state index in [2.05, 4.69) is 10.1 Å². The fourth-order valence-corrected chi connectivity index (χ4v) is 2.38. The number of hydrogen-bond donors (Lipinski definition) is 0. The van der Waals surface area contributed by atoms with E-state index in [9.17, 15) is 4.79 Å². The van der Waals surface area contributed by atoms with E-state index in [-0.39, 0.29) is 18.2 Å². The molecule has 0 aliphatic heterocycles. The topological polar surface area (TPSA) is 64.7 Å². The molecule has 6 heteroatoms. The maximum absolute atomic E-state index is 12.2. The molecule has 0 bridgehead atoms. The second-order valence-electron chi connectivity index (χ2n) is 5.11. The van der Waals surface area contributed by atoms with Gasteiger partial charge in [-0.3, -0.25) is 0 Å². The Morgan fingerprint density at radius 2 is 1.92 bits per heavy atom. The zero-order valence-corrected chi connectivity index (χ0v) is 14.2. The van der Waals surface area contributed by atoms with Crippen molar-refractivity contribution in [1.82, 2.24) is 5.16 Å². The number of carbonyl (C=O) groups excluding carboxylic acids is 1. The lowest BCUT2D eigenvalue weighted by Gasteiger charge is -2.02. The van der Waals surface area contributed by atoms with Crippen LogP contribution < -0.4 is 0 Å². The monoisotopic (exact) mass is 354 g/mol. The van der Waals surface area contributed by atoms with Gasteiger partial charge in [0.1, 0.15) is 0 Å². The number of ether oxygens (including phenoxy) is 1. The average molecular weight is 355 g/mol. The van der Waals surface area contributed by atoms with Gasteiger partial charge in [0.25, 0.3) is 5.88 Å². The molecule has 0 amide bonds. The molecule has 0 N–H and O–H groups in total. The van der Waals surface area contributed by atoms with Gasteiger partial charge in [0.2, 0.25) is 5.69 Å². The molecule has 0 aliphatic carbocycles. The van der Waals surface area contributed by atoms with E-state index in [4.69, 9.17) is 20.9 Å². The molecule has 126 valence electrons. The third-order valence-electron chi connectivity index (χ3n) is 3.41. The lowest BCUT2D eigenvalue weighted by molar-refractivity contribution is 0.0515. The molecule has 3 rings (SSSR count). The first-order chi connectivity index (χ1) is 12.2. The largest absolute Gasteiger partial charge is 0.461 e. The summed E-state index contributed by atoms with van der Waals surface area (Å²) in [7, 11) is 0. The fraction of sp³-hybridized carbons (Fsp3) is 0.105. The highest BCUT2D eigenvalue weighted by atomic mass is 35.5. The standard InChI is InChI=1S/C19H15ClN2O3/c1-2-24-19(23)17-16(14-6-4-3-5-7-14)18(25-22-17)21-12-13-8-10-15(20)11-9-13/h3-12H,2H2,1H3. The summed E-state index contributed by atoms with van der Waals surface area (Å²) in [6.07, 6.45) is 1.62. The van der Waals surface area contributed by atoms with Crippen molar-refractivity contribution in [3.63, 3.8) is 0 Å². The van der Waals surface area contributed by atoms with E-state index in [0.29, 0.717) is 10.6 Å². The molecule has 0 radical (unpaired) electrons. The summed E-state index contributed by atoms with van der Waals surface area (Å²) >= 11 is 5.88. The van der Waals surface area contributed by atoms with Crippen molar-refractivity contribution in [2.45, 2.75) is 6.92 Å². The SMILES string of the molecule is CCOC(=O)c1noc(N=Cc2ccc(Cl)cc2)c1-c1ccccc1. The van der Waals surface area contributed by atoms with Gasteiger partial charge in [-0.25, -0.2) is 9.79 Å². The summed E-state index contributed by atoms with van der Waals surface area (Å²) in [6, 6.07) is 16.5. The molecule has 2 aromatic carbocycles. The molecule has 25 heavy (non-hydrogen) atoms. The van der Waals surface area contributed by atoms with Crippen molar-refractivity contribution in [3.8, 4) is 11.1 Å². The van der Waals surface area contributed by atoms with Crippen LogP contribution in [0.15, 0.2) is 64.1 Å². The Morgan fingerprint density at radius 1 is 1.20 bits per heavy atom. The highest BCUT2D eigenvalue weighted by Crippen LogP contribution is 2.34. The number of aliphatic imine (C=N–C) groups is 1. The van der Waals surface area contributed by atoms with Crippen LogP contribution in [0, 0.1) is 0 Å². The summed E-state index contributed by atoms with van der Waals surface area (Å²) in [6.45, 7) is 1.99. The molecule has 1 aromatic heterocycles. The Bertz CT molecular complexity index is 887. The fourth-order valence-electron chi connectivity index (χ4n) is 2.26. The van der Waals surface area contributed by atoms with E-state index in [1.165, 1.54) is 0 Å². The van der Waals surface area contributed by atoms with Crippen LogP contribution in [-0.2, 0) is 4.74 Å². The minimum Gasteiger partial charge on any atom is -0.461 e. The first-order valence-corrected chi connectivity index (χ1v) is 8.08. The van der Waals surface area contributed by atoms with E-state index < -0.39 is 5.97 Å². The molecule has 5 nitrogen and oxygen atoms in total. The highest BCUT2D eigenvalue weighted by molar-refractivity contribution is 6.30. The van der Waals surface area contributed by atoms with Gasteiger partial charge >= 0.3 is 5.97 Å². The summed E-state index contributed by atoms with van der Waals surface area (Å²) in [5, 5.41) is 4.50. The minimum atomic E-state index is -0.543. The van der Waals surface area contributed by atoms with Crippen LogP contribution in [0.25, 0.3) is 11.1 Å². The molecule has 3 aromatic rings. The molecule has 0 spiro atoms. The van der Waals surface area contributed by atoms with Gasteiger partial charge in [-0.05, 0) is 30.2 Å². The van der Waals surface area contributed by atoms with E-state index in [1.807, 2.05) is 42.5 Å². The number of rotatable bonds is 5. The van der Waals surface area contributed by atoms with Crippen molar-refractivity contribution in [1.29, 1.82) is 0 Å². The molecule has 0 saturated carbocycles. The molecular formula is C19H15ClN2O3. The summed E-state index contributed by atoms with van der Waals surface area (Å²) in [4.78, 5) is 16.5. The Morgan fingerprint density at radius 3 is 2.60 bits per heavy atom. The zero-order valence-electron chi connectivity index (χ0n) is 13.5. The van der Waals surface area contributed by atoms with Crippen LogP contribution in [0.3, 0.4) is 0 Å². The van der Waals surface area contributed by atoms with Crippen LogP contribution in [-0.4, -0.2) is 23.9 Å². The second kappa shape index (κ2) is 7.77. The van der Waals surface area contributed by atoms with Gasteiger partial charge in [-0.2, -0.15) is 0 Å². The molecule has 0 fully saturated rings. The van der Waals surface area contributed by atoms with Gasteiger partial charge in [0.15, 0.2) is 0 Å². The van der Waals surface area contributed by atoms with Crippen molar-refractivity contribution in [2.24, 2.45) is 4.99 Å². The van der Waals surface area contributed by atoms with Crippen molar-refractivity contribution in [3.05, 3.63) is 70.9 Å². The van der Waals surface area contributed by atoms with Crippen LogP contribution in [0.5, 0.6) is 0 Å². The average Bonchev–Trinajstić information content (AvgIpc) is 3.06. The van der Waals surface area contributed by atoms with Crippen molar-refractivity contribution < 1.29 is 14.1 Å². The third-order valence-corrected chi connectivity index (χ3v) is 3.66. The third kappa shape index (κ3) is 3.95. The predicted molar refractivity (Wildman–Crippen MR) is 96.6 cm³/mol. The Labute approximate surface area is 149 Å². The number of esters is 1. The summed E-state index contributed by atoms with van der Waals surface area (Å²) < 4.78 is 10.3. The van der Waals surface area contributed by atoms with Gasteiger partial charge in [-0.15, -0.1) is 0 Å². The van der Waals surface area contributed by atoms with Crippen molar-refractivity contribution in [2.75, 3.05) is 6.61 Å². The Kier molecular flexibility index (Phi) is 5.26. The van der Waals surface area contributed by atoms with Gasteiger partial charge in [0.05, 0.1) is 12.2 Å². The van der Waals surface area contributed by atoms with E-state index in [1.54, 1.807) is 25.3 Å². The first kappa shape index (κ1) is 16.9. The number of halogens is 1. The van der Waals surface area contributed by atoms with Crippen LogP contribution in [0.4, 0.5) is 5.88 Å². The van der Waals surface area contributed by atoms with Crippen LogP contribution >= 0.6 is 11.6 Å². The van der Waals surface area contributed by atoms with E-state index >= 15 is 0 Å². The van der Waals surface area contributed by atoms with Gasteiger partial charge < -0.3 is 9.26 Å². The van der Waals surface area contributed by atoms with E-state index in [0.717, 1.165) is 11.1 Å². The molecular weight excluding hydrogens is 340 g/mol.